The summed E-state index contributed by atoms with van der Waals surface area (Å²) in [6.45, 7) is 3.68. The highest BCUT2D eigenvalue weighted by molar-refractivity contribution is 14.0. The van der Waals surface area contributed by atoms with Crippen molar-refractivity contribution in [1.82, 2.24) is 25.4 Å². The molecule has 0 bridgehead atoms. The second kappa shape index (κ2) is 10.6. The van der Waals surface area contributed by atoms with Crippen molar-refractivity contribution in [1.29, 1.82) is 0 Å². The summed E-state index contributed by atoms with van der Waals surface area (Å²) in [5.74, 6) is 2.62. The zero-order chi connectivity index (χ0) is 18.4. The third kappa shape index (κ3) is 6.15. The summed E-state index contributed by atoms with van der Waals surface area (Å²) in [6.07, 6.45) is 4.58. The smallest absolute Gasteiger partial charge is 0.191 e. The molecule has 6 nitrogen and oxygen atoms in total. The first kappa shape index (κ1) is 21.6. The van der Waals surface area contributed by atoms with E-state index in [2.05, 4.69) is 32.6 Å². The van der Waals surface area contributed by atoms with Gasteiger partial charge in [0.2, 0.25) is 0 Å². The molecule has 2 N–H and O–H groups in total. The van der Waals surface area contributed by atoms with Crippen LogP contribution >= 0.6 is 24.0 Å². The van der Waals surface area contributed by atoms with Crippen molar-refractivity contribution in [2.45, 2.75) is 51.6 Å². The first-order valence-electron chi connectivity index (χ1n) is 9.32. The van der Waals surface area contributed by atoms with E-state index < -0.39 is 0 Å². The maximum absolute atomic E-state index is 13.2. The van der Waals surface area contributed by atoms with Crippen molar-refractivity contribution in [3.05, 3.63) is 47.3 Å². The van der Waals surface area contributed by atoms with Gasteiger partial charge in [0.1, 0.15) is 11.6 Å². The first-order chi connectivity index (χ1) is 12.7. The van der Waals surface area contributed by atoms with Crippen LogP contribution in [0.1, 0.15) is 37.0 Å². The normalized spacial score (nSPS) is 16.4. The fourth-order valence-corrected chi connectivity index (χ4v) is 3.21. The Hall–Kier alpha value is -1.71. The maximum atomic E-state index is 13.2. The highest BCUT2D eigenvalue weighted by Gasteiger charge is 2.21. The van der Waals surface area contributed by atoms with Crippen molar-refractivity contribution >= 4 is 29.9 Å². The number of halogens is 2. The lowest BCUT2D eigenvalue weighted by atomic mass is 10.1. The molecule has 1 unspecified atom stereocenters. The minimum absolute atomic E-state index is 0. The number of nitrogens with one attached hydrogen (secondary N) is 2. The molecule has 148 valence electrons. The predicted molar refractivity (Wildman–Crippen MR) is 116 cm³/mol. The molecule has 0 aliphatic carbocycles. The molecule has 0 fully saturated rings. The lowest BCUT2D eigenvalue weighted by Gasteiger charge is -2.25. The van der Waals surface area contributed by atoms with E-state index in [0.29, 0.717) is 6.04 Å². The lowest BCUT2D eigenvalue weighted by molar-refractivity contribution is 0.392. The maximum Gasteiger partial charge on any atom is 0.191 e. The summed E-state index contributed by atoms with van der Waals surface area (Å²) < 4.78 is 15.2. The quantitative estimate of drug-likeness (QED) is 0.285. The molecule has 0 radical (unpaired) electrons. The first-order valence-corrected chi connectivity index (χ1v) is 9.32. The average molecular weight is 486 g/mol. The number of fused-ring (bicyclic) bond motifs is 1. The largest absolute Gasteiger partial charge is 0.356 e. The van der Waals surface area contributed by atoms with Crippen LogP contribution in [0.25, 0.3) is 0 Å². The number of guanidine groups is 1. The fourth-order valence-electron chi connectivity index (χ4n) is 3.21. The van der Waals surface area contributed by atoms with Crippen LogP contribution in [0.2, 0.25) is 0 Å². The van der Waals surface area contributed by atoms with Crippen LogP contribution in [-0.2, 0) is 25.8 Å². The number of nitrogens with zero attached hydrogens (tertiary/aromatic N) is 4. The van der Waals surface area contributed by atoms with E-state index >= 15 is 0 Å². The molecule has 0 amide bonds. The standard InChI is InChI=1S/C19H27FN6.HI/c1-3-17-24-18-10-9-16(13-26(18)25-17)23-19(21-2)22-11-5-7-14-6-4-8-15(20)12-14;/h4,6,8,12,16H,3,5,7,9-11,13H2,1-2H3,(H2,21,22,23);1H. The molecule has 1 aromatic heterocycles. The Morgan fingerprint density at radius 1 is 1.41 bits per heavy atom. The second-order valence-electron chi connectivity index (χ2n) is 6.59. The summed E-state index contributed by atoms with van der Waals surface area (Å²) in [7, 11) is 1.78. The van der Waals surface area contributed by atoms with Crippen LogP contribution in [0, 0.1) is 5.82 Å². The molecular weight excluding hydrogens is 458 g/mol. The second-order valence-corrected chi connectivity index (χ2v) is 6.59. The van der Waals surface area contributed by atoms with Gasteiger partial charge in [0.25, 0.3) is 0 Å². The Labute approximate surface area is 177 Å². The molecule has 1 aliphatic rings. The third-order valence-corrected chi connectivity index (χ3v) is 4.61. The summed E-state index contributed by atoms with van der Waals surface area (Å²) >= 11 is 0. The van der Waals surface area contributed by atoms with Crippen molar-refractivity contribution in [3.8, 4) is 0 Å². The van der Waals surface area contributed by atoms with Crippen molar-refractivity contribution < 1.29 is 4.39 Å². The Kier molecular flexibility index (Phi) is 8.46. The van der Waals surface area contributed by atoms with Crippen LogP contribution in [-0.4, -0.2) is 40.4 Å². The lowest BCUT2D eigenvalue weighted by Crippen LogP contribution is -2.47. The van der Waals surface area contributed by atoms with Gasteiger partial charge >= 0.3 is 0 Å². The number of aromatic nitrogens is 3. The van der Waals surface area contributed by atoms with Gasteiger partial charge in [-0.05, 0) is 37.0 Å². The highest BCUT2D eigenvalue weighted by atomic mass is 127. The zero-order valence-corrected chi connectivity index (χ0v) is 18.2. The number of benzene rings is 1. The van der Waals surface area contributed by atoms with Crippen molar-refractivity contribution in [2.24, 2.45) is 4.99 Å². The van der Waals surface area contributed by atoms with Gasteiger partial charge in [-0.1, -0.05) is 19.1 Å². The molecule has 2 heterocycles. The molecule has 0 saturated heterocycles. The van der Waals surface area contributed by atoms with E-state index in [1.165, 1.54) is 6.07 Å². The molecule has 0 saturated carbocycles. The average Bonchev–Trinajstić information content (AvgIpc) is 3.06. The Bertz CT molecular complexity index is 760. The number of hydrogen-bond donors (Lipinski definition) is 2. The van der Waals surface area contributed by atoms with Gasteiger partial charge in [-0.3, -0.25) is 4.99 Å². The van der Waals surface area contributed by atoms with E-state index in [1.54, 1.807) is 19.2 Å². The Morgan fingerprint density at radius 3 is 3.00 bits per heavy atom. The van der Waals surface area contributed by atoms with Gasteiger partial charge < -0.3 is 10.6 Å². The Morgan fingerprint density at radius 2 is 2.26 bits per heavy atom. The van der Waals surface area contributed by atoms with E-state index in [4.69, 9.17) is 0 Å². The SMILES string of the molecule is CCc1nc2n(n1)CC(NC(=NC)NCCCc1cccc(F)c1)CC2.I. The predicted octanol–water partition coefficient (Wildman–Crippen LogP) is 2.71. The van der Waals surface area contributed by atoms with E-state index in [0.717, 1.165) is 68.4 Å². The van der Waals surface area contributed by atoms with Crippen LogP contribution in [0.15, 0.2) is 29.3 Å². The van der Waals surface area contributed by atoms with Crippen molar-refractivity contribution in [2.75, 3.05) is 13.6 Å². The Balaban J connectivity index is 0.00000261. The minimum Gasteiger partial charge on any atom is -0.356 e. The summed E-state index contributed by atoms with van der Waals surface area (Å²) in [5, 5.41) is 11.4. The van der Waals surface area contributed by atoms with Crippen LogP contribution in [0.3, 0.4) is 0 Å². The zero-order valence-electron chi connectivity index (χ0n) is 15.9. The van der Waals surface area contributed by atoms with E-state index in [9.17, 15) is 4.39 Å². The molecule has 8 heteroatoms. The molecule has 0 spiro atoms. The minimum atomic E-state index is -0.177. The van der Waals surface area contributed by atoms with Gasteiger partial charge in [0.05, 0.1) is 6.54 Å². The third-order valence-electron chi connectivity index (χ3n) is 4.61. The fraction of sp³-hybridized carbons (Fsp3) is 0.526. The summed E-state index contributed by atoms with van der Waals surface area (Å²) in [6, 6.07) is 7.07. The van der Waals surface area contributed by atoms with Gasteiger partial charge in [-0.25, -0.2) is 14.1 Å². The number of aryl methyl sites for hydroxylation is 3. The van der Waals surface area contributed by atoms with Gasteiger partial charge in [-0.2, -0.15) is 5.10 Å². The molecule has 1 aliphatic heterocycles. The van der Waals surface area contributed by atoms with Crippen LogP contribution < -0.4 is 10.6 Å². The van der Waals surface area contributed by atoms with Crippen molar-refractivity contribution in [3.63, 3.8) is 0 Å². The molecule has 2 aromatic rings. The van der Waals surface area contributed by atoms with E-state index in [1.807, 2.05) is 10.7 Å². The number of rotatable bonds is 6. The molecule has 1 atom stereocenters. The van der Waals surface area contributed by atoms with Crippen LogP contribution in [0.5, 0.6) is 0 Å². The molecular formula is C19H28FIN6. The monoisotopic (exact) mass is 486 g/mol. The molecule has 3 rings (SSSR count). The van der Waals surface area contributed by atoms with E-state index in [-0.39, 0.29) is 29.8 Å². The van der Waals surface area contributed by atoms with Gasteiger partial charge in [0.15, 0.2) is 11.8 Å². The van der Waals surface area contributed by atoms with Gasteiger partial charge in [-0.15, -0.1) is 24.0 Å². The number of hydrogen-bond acceptors (Lipinski definition) is 3. The summed E-state index contributed by atoms with van der Waals surface area (Å²) in [5.41, 5.74) is 1.02. The molecule has 27 heavy (non-hydrogen) atoms. The number of aliphatic imine (C=N–C) groups is 1. The molecule has 1 aromatic carbocycles. The topological polar surface area (TPSA) is 67.1 Å². The van der Waals surface area contributed by atoms with Gasteiger partial charge in [0, 0.05) is 32.5 Å². The summed E-state index contributed by atoms with van der Waals surface area (Å²) in [4.78, 5) is 8.86. The van der Waals surface area contributed by atoms with Crippen LogP contribution in [0.4, 0.5) is 4.39 Å². The highest BCUT2D eigenvalue weighted by Crippen LogP contribution is 2.13.